The topological polar surface area (TPSA) is 35.0 Å². The van der Waals surface area contributed by atoms with Crippen molar-refractivity contribution < 1.29 is 4.74 Å². The molecule has 3 aromatic rings. The molecule has 21 heavy (non-hydrogen) atoms. The van der Waals surface area contributed by atoms with Crippen LogP contribution in [-0.4, -0.2) is 16.6 Å². The lowest BCUT2D eigenvalue weighted by Crippen LogP contribution is -2.01. The summed E-state index contributed by atoms with van der Waals surface area (Å²) in [5.41, 5.74) is 1.33. The quantitative estimate of drug-likeness (QED) is 0.496. The van der Waals surface area contributed by atoms with Crippen molar-refractivity contribution in [2.45, 2.75) is 19.4 Å². The van der Waals surface area contributed by atoms with Gasteiger partial charge in [-0.3, -0.25) is 0 Å². The third-order valence-electron chi connectivity index (χ3n) is 3.15. The molecule has 0 N–H and O–H groups in total. The van der Waals surface area contributed by atoms with Crippen molar-refractivity contribution in [3.8, 4) is 0 Å². The van der Waals surface area contributed by atoms with Gasteiger partial charge in [-0.2, -0.15) is 0 Å². The van der Waals surface area contributed by atoms with Gasteiger partial charge < -0.3 is 4.74 Å². The van der Waals surface area contributed by atoms with Gasteiger partial charge in [-0.25, -0.2) is 9.97 Å². The maximum Gasteiger partial charge on any atom is 0.157 e. The minimum absolute atomic E-state index is 0.405. The van der Waals surface area contributed by atoms with E-state index in [0.717, 1.165) is 23.1 Å². The van der Waals surface area contributed by atoms with Crippen molar-refractivity contribution in [1.82, 2.24) is 9.97 Å². The number of thiophene rings is 1. The third-order valence-corrected chi connectivity index (χ3v) is 4.25. The molecule has 0 fully saturated rings. The number of benzene rings is 1. The lowest BCUT2D eigenvalue weighted by Gasteiger charge is -2.04. The van der Waals surface area contributed by atoms with Gasteiger partial charge in [0.05, 0.1) is 0 Å². The van der Waals surface area contributed by atoms with Gasteiger partial charge in [-0.05, 0) is 29.9 Å². The van der Waals surface area contributed by atoms with Crippen molar-refractivity contribution in [2.75, 3.05) is 6.61 Å². The Morgan fingerprint density at radius 1 is 1.10 bits per heavy atom. The van der Waals surface area contributed by atoms with Gasteiger partial charge in [0.15, 0.2) is 5.82 Å². The summed E-state index contributed by atoms with van der Waals surface area (Å²) in [6, 6.07) is 12.3. The lowest BCUT2D eigenvalue weighted by molar-refractivity contribution is 0.113. The van der Waals surface area contributed by atoms with Gasteiger partial charge in [-0.15, -0.1) is 11.3 Å². The first kappa shape index (κ1) is 14.4. The first-order valence-electron chi connectivity index (χ1n) is 6.84. The molecule has 0 radical (unpaired) electrons. The zero-order valence-electron chi connectivity index (χ0n) is 11.5. The van der Waals surface area contributed by atoms with Crippen molar-refractivity contribution >= 4 is 33.2 Å². The van der Waals surface area contributed by atoms with E-state index in [1.807, 2.05) is 17.5 Å². The predicted molar refractivity (Wildman–Crippen MR) is 86.8 cm³/mol. The van der Waals surface area contributed by atoms with Crippen LogP contribution in [0.3, 0.4) is 0 Å². The Kier molecular flexibility index (Phi) is 4.80. The van der Waals surface area contributed by atoms with Crippen molar-refractivity contribution in [3.63, 3.8) is 0 Å². The van der Waals surface area contributed by atoms with Gasteiger partial charge in [0.1, 0.15) is 16.6 Å². The van der Waals surface area contributed by atoms with Crippen molar-refractivity contribution in [1.29, 1.82) is 0 Å². The largest absolute Gasteiger partial charge is 0.373 e. The number of rotatable bonds is 6. The fraction of sp³-hybridized carbons (Fsp3) is 0.250. The number of fused-ring (bicyclic) bond motifs is 1. The van der Waals surface area contributed by atoms with Crippen LogP contribution >= 0.6 is 22.9 Å². The van der Waals surface area contributed by atoms with E-state index in [4.69, 9.17) is 16.3 Å². The monoisotopic (exact) mass is 318 g/mol. The van der Waals surface area contributed by atoms with Crippen LogP contribution in [0.2, 0.25) is 5.15 Å². The summed E-state index contributed by atoms with van der Waals surface area (Å²) in [7, 11) is 0. The Hall–Kier alpha value is -1.49. The Bertz CT molecular complexity index is 715. The van der Waals surface area contributed by atoms with E-state index in [2.05, 4.69) is 34.2 Å². The van der Waals surface area contributed by atoms with Crippen LogP contribution in [0.5, 0.6) is 0 Å². The molecular formula is C16H15ClN2OS. The van der Waals surface area contributed by atoms with E-state index in [0.29, 0.717) is 24.2 Å². The predicted octanol–water partition coefficient (Wildman–Crippen LogP) is 4.49. The van der Waals surface area contributed by atoms with Crippen LogP contribution < -0.4 is 0 Å². The summed E-state index contributed by atoms with van der Waals surface area (Å²) < 4.78 is 5.64. The number of hydrogen-bond acceptors (Lipinski definition) is 4. The summed E-state index contributed by atoms with van der Waals surface area (Å²) in [6.07, 6.45) is 2.01. The van der Waals surface area contributed by atoms with E-state index >= 15 is 0 Å². The van der Waals surface area contributed by atoms with Gasteiger partial charge in [0.2, 0.25) is 0 Å². The molecule has 0 aliphatic rings. The Labute approximate surface area is 132 Å². The molecule has 2 heterocycles. The summed E-state index contributed by atoms with van der Waals surface area (Å²) in [5.74, 6) is 0.648. The van der Waals surface area contributed by atoms with E-state index < -0.39 is 0 Å². The molecule has 0 bridgehead atoms. The molecule has 5 heteroatoms. The van der Waals surface area contributed by atoms with Crippen LogP contribution in [0.25, 0.3) is 10.2 Å². The second kappa shape index (κ2) is 6.98. The Balaban J connectivity index is 1.48. The summed E-state index contributed by atoms with van der Waals surface area (Å²) in [4.78, 5) is 9.63. The van der Waals surface area contributed by atoms with Crippen LogP contribution in [0.1, 0.15) is 17.8 Å². The average molecular weight is 319 g/mol. The molecule has 1 aromatic carbocycles. The number of hydrogen-bond donors (Lipinski definition) is 0. The molecular weight excluding hydrogens is 304 g/mol. The van der Waals surface area contributed by atoms with Gasteiger partial charge >= 0.3 is 0 Å². The highest BCUT2D eigenvalue weighted by molar-refractivity contribution is 7.16. The molecule has 3 nitrogen and oxygen atoms in total. The molecule has 2 aromatic heterocycles. The highest BCUT2D eigenvalue weighted by atomic mass is 35.5. The van der Waals surface area contributed by atoms with Gasteiger partial charge in [0.25, 0.3) is 0 Å². The fourth-order valence-corrected chi connectivity index (χ4v) is 3.20. The molecule has 0 aliphatic carbocycles. The zero-order valence-corrected chi connectivity index (χ0v) is 13.0. The van der Waals surface area contributed by atoms with Gasteiger partial charge in [0, 0.05) is 12.0 Å². The number of aromatic nitrogens is 2. The van der Waals surface area contributed by atoms with Crippen molar-refractivity contribution in [2.24, 2.45) is 0 Å². The van der Waals surface area contributed by atoms with E-state index in [-0.39, 0.29) is 0 Å². The molecule has 0 amide bonds. The fourth-order valence-electron chi connectivity index (χ4n) is 2.11. The molecule has 108 valence electrons. The summed E-state index contributed by atoms with van der Waals surface area (Å²) in [5, 5.41) is 3.38. The molecule has 0 saturated heterocycles. The molecule has 0 spiro atoms. The molecule has 0 atom stereocenters. The van der Waals surface area contributed by atoms with Crippen LogP contribution in [0, 0.1) is 0 Å². The van der Waals surface area contributed by atoms with E-state index in [1.54, 1.807) is 11.3 Å². The second-order valence-corrected chi connectivity index (χ2v) is 5.96. The van der Waals surface area contributed by atoms with E-state index in [1.165, 1.54) is 5.56 Å². The molecule has 0 unspecified atom stereocenters. The lowest BCUT2D eigenvalue weighted by atomic mass is 10.1. The SMILES string of the molecule is Clc1nc(COCCCc2ccccc2)nc2sccc12. The minimum atomic E-state index is 0.405. The minimum Gasteiger partial charge on any atom is -0.373 e. The van der Waals surface area contributed by atoms with Gasteiger partial charge in [-0.1, -0.05) is 41.9 Å². The Morgan fingerprint density at radius 2 is 1.95 bits per heavy atom. The maximum atomic E-state index is 6.12. The number of nitrogens with zero attached hydrogens (tertiary/aromatic N) is 2. The normalized spacial score (nSPS) is 11.1. The number of ether oxygens (including phenoxy) is 1. The highest BCUT2D eigenvalue weighted by Crippen LogP contribution is 2.24. The first-order valence-corrected chi connectivity index (χ1v) is 8.10. The Morgan fingerprint density at radius 3 is 2.81 bits per heavy atom. The third kappa shape index (κ3) is 3.79. The number of halogens is 1. The van der Waals surface area contributed by atoms with Crippen LogP contribution in [0.15, 0.2) is 41.8 Å². The average Bonchev–Trinajstić information content (AvgIpc) is 2.97. The molecule has 0 saturated carbocycles. The second-order valence-electron chi connectivity index (χ2n) is 4.71. The highest BCUT2D eigenvalue weighted by Gasteiger charge is 2.06. The number of aryl methyl sites for hydroxylation is 1. The van der Waals surface area contributed by atoms with E-state index in [9.17, 15) is 0 Å². The standard InChI is InChI=1S/C16H15ClN2OS/c17-15-13-8-10-21-16(13)19-14(18-15)11-20-9-4-7-12-5-2-1-3-6-12/h1-3,5-6,8,10H,4,7,9,11H2. The maximum absolute atomic E-state index is 6.12. The smallest absolute Gasteiger partial charge is 0.157 e. The van der Waals surface area contributed by atoms with Crippen LogP contribution in [0.4, 0.5) is 0 Å². The summed E-state index contributed by atoms with van der Waals surface area (Å²) in [6.45, 7) is 1.10. The van der Waals surface area contributed by atoms with Crippen LogP contribution in [-0.2, 0) is 17.8 Å². The molecule has 0 aliphatic heterocycles. The zero-order chi connectivity index (χ0) is 14.5. The molecule has 3 rings (SSSR count). The van der Waals surface area contributed by atoms with Crippen molar-refractivity contribution in [3.05, 3.63) is 58.3 Å². The summed E-state index contributed by atoms with van der Waals surface area (Å²) >= 11 is 7.69. The first-order chi connectivity index (χ1) is 10.3.